The van der Waals surface area contributed by atoms with Crippen molar-refractivity contribution in [1.29, 1.82) is 0 Å². The molecule has 2 aliphatic heterocycles. The van der Waals surface area contributed by atoms with Crippen LogP contribution in [0.5, 0.6) is 11.5 Å². The van der Waals surface area contributed by atoms with Crippen molar-refractivity contribution >= 4 is 11.6 Å². The number of anilines is 1. The number of likely N-dealkylation sites (tertiary alicyclic amines) is 1. The van der Waals surface area contributed by atoms with Crippen LogP contribution in [-0.4, -0.2) is 43.7 Å². The fourth-order valence-corrected chi connectivity index (χ4v) is 2.29. The molecule has 0 saturated carbocycles. The number of benzene rings is 1. The monoisotopic (exact) mass is 248 g/mol. The minimum Gasteiger partial charge on any atom is -0.486 e. The highest BCUT2D eigenvalue weighted by Gasteiger charge is 2.28. The average molecular weight is 248 g/mol. The molecule has 1 unspecified atom stereocenters. The number of nitrogens with one attached hydrogen (secondary N) is 1. The smallest absolute Gasteiger partial charge is 0.244 e. The largest absolute Gasteiger partial charge is 0.486 e. The van der Waals surface area contributed by atoms with Crippen molar-refractivity contribution in [1.82, 2.24) is 4.90 Å². The normalized spacial score (nSPS) is 22.2. The first-order chi connectivity index (χ1) is 8.74. The number of hydrogen-bond donors (Lipinski definition) is 1. The van der Waals surface area contributed by atoms with Gasteiger partial charge in [-0.3, -0.25) is 4.79 Å². The summed E-state index contributed by atoms with van der Waals surface area (Å²) in [5.41, 5.74) is 0.896. The average Bonchev–Trinajstić information content (AvgIpc) is 2.71. The lowest BCUT2D eigenvalue weighted by Gasteiger charge is -2.20. The van der Waals surface area contributed by atoms with Gasteiger partial charge in [-0.25, -0.2) is 0 Å². The van der Waals surface area contributed by atoms with E-state index in [0.717, 1.165) is 30.2 Å². The van der Waals surface area contributed by atoms with Crippen LogP contribution in [-0.2, 0) is 4.79 Å². The number of carbonyl (C=O) groups is 1. The first-order valence-electron chi connectivity index (χ1n) is 6.15. The molecular formula is C13H16N2O3. The summed E-state index contributed by atoms with van der Waals surface area (Å²) >= 11 is 0. The van der Waals surface area contributed by atoms with Gasteiger partial charge in [0.15, 0.2) is 11.5 Å². The van der Waals surface area contributed by atoms with Gasteiger partial charge >= 0.3 is 0 Å². The molecule has 0 radical (unpaired) electrons. The van der Waals surface area contributed by atoms with Gasteiger partial charge in [-0.05, 0) is 18.6 Å². The van der Waals surface area contributed by atoms with Crippen molar-refractivity contribution in [2.24, 2.45) is 0 Å². The lowest BCUT2D eigenvalue weighted by molar-refractivity contribution is -0.127. The molecule has 0 bridgehead atoms. The van der Waals surface area contributed by atoms with E-state index >= 15 is 0 Å². The molecule has 1 aromatic rings. The van der Waals surface area contributed by atoms with Crippen LogP contribution >= 0.6 is 0 Å². The molecule has 1 aromatic carbocycles. The van der Waals surface area contributed by atoms with Crippen LogP contribution in [0, 0.1) is 0 Å². The number of likely N-dealkylation sites (N-methyl/N-ethyl adjacent to an activating group) is 1. The van der Waals surface area contributed by atoms with Gasteiger partial charge < -0.3 is 19.7 Å². The van der Waals surface area contributed by atoms with Gasteiger partial charge in [0.05, 0.1) is 0 Å². The molecule has 1 atom stereocenters. The SMILES string of the molecule is CN1CCC(Nc2ccc3c(c2)OCCO3)C1=O. The predicted molar refractivity (Wildman–Crippen MR) is 67.1 cm³/mol. The molecule has 96 valence electrons. The number of ether oxygens (including phenoxy) is 2. The summed E-state index contributed by atoms with van der Waals surface area (Å²) in [5, 5.41) is 3.24. The van der Waals surface area contributed by atoms with E-state index in [0.29, 0.717) is 13.2 Å². The van der Waals surface area contributed by atoms with E-state index < -0.39 is 0 Å². The summed E-state index contributed by atoms with van der Waals surface area (Å²) in [4.78, 5) is 13.6. The molecule has 2 aliphatic rings. The highest BCUT2D eigenvalue weighted by molar-refractivity contribution is 5.86. The van der Waals surface area contributed by atoms with E-state index in [-0.39, 0.29) is 11.9 Å². The summed E-state index contributed by atoms with van der Waals surface area (Å²) < 4.78 is 11.0. The van der Waals surface area contributed by atoms with Crippen LogP contribution < -0.4 is 14.8 Å². The Hall–Kier alpha value is -1.91. The molecular weight excluding hydrogens is 232 g/mol. The Bertz CT molecular complexity index is 475. The molecule has 5 heteroatoms. The molecule has 0 aromatic heterocycles. The lowest BCUT2D eigenvalue weighted by atomic mass is 10.2. The van der Waals surface area contributed by atoms with Crippen LogP contribution in [0.4, 0.5) is 5.69 Å². The van der Waals surface area contributed by atoms with Crippen molar-refractivity contribution in [3.05, 3.63) is 18.2 Å². The predicted octanol–water partition coefficient (Wildman–Crippen LogP) is 1.10. The summed E-state index contributed by atoms with van der Waals surface area (Å²) in [5.74, 6) is 1.65. The fourth-order valence-electron chi connectivity index (χ4n) is 2.29. The number of hydrogen-bond acceptors (Lipinski definition) is 4. The fraction of sp³-hybridized carbons (Fsp3) is 0.462. The molecule has 1 fully saturated rings. The second kappa shape index (κ2) is 4.40. The Labute approximate surface area is 106 Å². The van der Waals surface area contributed by atoms with Crippen LogP contribution in [0.15, 0.2) is 18.2 Å². The van der Waals surface area contributed by atoms with Gasteiger partial charge in [0, 0.05) is 25.3 Å². The molecule has 1 saturated heterocycles. The standard InChI is InChI=1S/C13H16N2O3/c1-15-5-4-10(13(15)16)14-9-2-3-11-12(8-9)18-7-6-17-11/h2-3,8,10,14H,4-7H2,1H3. The van der Waals surface area contributed by atoms with Gasteiger partial charge in [-0.2, -0.15) is 0 Å². The molecule has 3 rings (SSSR count). The maximum atomic E-state index is 11.8. The molecule has 2 heterocycles. The van der Waals surface area contributed by atoms with Crippen LogP contribution in [0.1, 0.15) is 6.42 Å². The van der Waals surface area contributed by atoms with Gasteiger partial charge in [0.2, 0.25) is 5.91 Å². The van der Waals surface area contributed by atoms with Gasteiger partial charge in [0.1, 0.15) is 19.3 Å². The zero-order valence-electron chi connectivity index (χ0n) is 10.3. The van der Waals surface area contributed by atoms with Crippen LogP contribution in [0.3, 0.4) is 0 Å². The van der Waals surface area contributed by atoms with E-state index in [1.54, 1.807) is 4.90 Å². The second-order valence-electron chi connectivity index (χ2n) is 4.60. The van der Waals surface area contributed by atoms with Gasteiger partial charge in [-0.1, -0.05) is 0 Å². The first-order valence-corrected chi connectivity index (χ1v) is 6.15. The number of nitrogens with zero attached hydrogens (tertiary/aromatic N) is 1. The zero-order chi connectivity index (χ0) is 12.5. The summed E-state index contributed by atoms with van der Waals surface area (Å²) in [7, 11) is 1.83. The van der Waals surface area contributed by atoms with E-state index in [2.05, 4.69) is 5.32 Å². The zero-order valence-corrected chi connectivity index (χ0v) is 10.3. The van der Waals surface area contributed by atoms with Crippen LogP contribution in [0.25, 0.3) is 0 Å². The lowest BCUT2D eigenvalue weighted by Crippen LogP contribution is -2.30. The molecule has 1 amide bonds. The topological polar surface area (TPSA) is 50.8 Å². The van der Waals surface area contributed by atoms with E-state index in [9.17, 15) is 4.79 Å². The minimum absolute atomic E-state index is 0.127. The number of rotatable bonds is 2. The van der Waals surface area contributed by atoms with Crippen molar-refractivity contribution in [3.63, 3.8) is 0 Å². The summed E-state index contributed by atoms with van der Waals surface area (Å²) in [6.07, 6.45) is 0.837. The third-order valence-corrected chi connectivity index (χ3v) is 3.31. The van der Waals surface area contributed by atoms with Crippen molar-refractivity contribution < 1.29 is 14.3 Å². The maximum Gasteiger partial charge on any atom is 0.244 e. The highest BCUT2D eigenvalue weighted by atomic mass is 16.6. The van der Waals surface area contributed by atoms with Crippen molar-refractivity contribution in [2.75, 3.05) is 32.1 Å². The second-order valence-corrected chi connectivity index (χ2v) is 4.60. The third-order valence-electron chi connectivity index (χ3n) is 3.31. The summed E-state index contributed by atoms with van der Waals surface area (Å²) in [6, 6.07) is 5.55. The molecule has 18 heavy (non-hydrogen) atoms. The van der Waals surface area contributed by atoms with Gasteiger partial charge in [0.25, 0.3) is 0 Å². The maximum absolute atomic E-state index is 11.8. The van der Waals surface area contributed by atoms with Gasteiger partial charge in [-0.15, -0.1) is 0 Å². The number of amides is 1. The Morgan fingerprint density at radius 2 is 2.06 bits per heavy atom. The minimum atomic E-state index is -0.127. The summed E-state index contributed by atoms with van der Waals surface area (Å²) in [6.45, 7) is 1.97. The van der Waals surface area contributed by atoms with E-state index in [4.69, 9.17) is 9.47 Å². The third kappa shape index (κ3) is 1.96. The molecule has 0 aliphatic carbocycles. The van der Waals surface area contributed by atoms with Crippen LogP contribution in [0.2, 0.25) is 0 Å². The Morgan fingerprint density at radius 1 is 1.28 bits per heavy atom. The van der Waals surface area contributed by atoms with E-state index in [1.165, 1.54) is 0 Å². The van der Waals surface area contributed by atoms with Crippen molar-refractivity contribution in [2.45, 2.75) is 12.5 Å². The molecule has 0 spiro atoms. The Morgan fingerprint density at radius 3 is 2.78 bits per heavy atom. The molecule has 1 N–H and O–H groups in total. The van der Waals surface area contributed by atoms with Crippen molar-refractivity contribution in [3.8, 4) is 11.5 Å². The molecule has 5 nitrogen and oxygen atoms in total. The number of fused-ring (bicyclic) bond motifs is 1. The highest BCUT2D eigenvalue weighted by Crippen LogP contribution is 2.33. The first kappa shape index (κ1) is 11.2. The van der Waals surface area contributed by atoms with E-state index in [1.807, 2.05) is 25.2 Å². The Balaban J connectivity index is 1.75. The quantitative estimate of drug-likeness (QED) is 0.851. The number of carbonyl (C=O) groups excluding carboxylic acids is 1. The Kier molecular flexibility index (Phi) is 2.74.